The van der Waals surface area contributed by atoms with E-state index in [0.29, 0.717) is 24.8 Å². The highest BCUT2D eigenvalue weighted by molar-refractivity contribution is 6.05. The van der Waals surface area contributed by atoms with E-state index in [1.807, 2.05) is 0 Å². The van der Waals surface area contributed by atoms with Crippen LogP contribution in [0.4, 0.5) is 32.0 Å². The van der Waals surface area contributed by atoms with Crippen LogP contribution in [-0.4, -0.2) is 63.3 Å². The number of ether oxygens (including phenoxy) is 1. The third kappa shape index (κ3) is 7.18. The predicted molar refractivity (Wildman–Crippen MR) is 119 cm³/mol. The Morgan fingerprint density at radius 1 is 1.13 bits per heavy atom. The fourth-order valence-electron chi connectivity index (χ4n) is 3.97. The van der Waals surface area contributed by atoms with Gasteiger partial charge < -0.3 is 14.6 Å². The zero-order valence-corrected chi connectivity index (χ0v) is 19.9. The van der Waals surface area contributed by atoms with Gasteiger partial charge in [-0.3, -0.25) is 14.7 Å². The van der Waals surface area contributed by atoms with Gasteiger partial charge in [-0.2, -0.15) is 26.3 Å². The number of pyridine rings is 1. The minimum atomic E-state index is -4.62. The summed E-state index contributed by atoms with van der Waals surface area (Å²) >= 11 is 0. The zero-order valence-electron chi connectivity index (χ0n) is 19.9. The summed E-state index contributed by atoms with van der Waals surface area (Å²) in [5, 5.41) is 6.41. The smallest absolute Gasteiger partial charge is 0.434 e. The van der Waals surface area contributed by atoms with Crippen LogP contribution in [0.25, 0.3) is 0 Å². The number of carbonyl (C=O) groups is 1. The second-order valence-corrected chi connectivity index (χ2v) is 8.79. The Morgan fingerprint density at radius 2 is 1.92 bits per heavy atom. The molecule has 0 saturated carbocycles. The molecule has 1 amide bonds. The number of nitrogens with zero attached hydrogens (tertiary/aromatic N) is 5. The summed E-state index contributed by atoms with van der Waals surface area (Å²) in [5.74, 6) is -0.286. The molecule has 1 N–H and O–H groups in total. The number of anilines is 1. The van der Waals surface area contributed by atoms with Gasteiger partial charge in [0.15, 0.2) is 11.5 Å². The maximum absolute atomic E-state index is 12.9. The van der Waals surface area contributed by atoms with Crippen molar-refractivity contribution in [2.45, 2.75) is 32.1 Å². The molecule has 15 heteroatoms. The number of hydrogen-bond donors (Lipinski definition) is 1. The molecule has 0 aromatic carbocycles. The minimum Gasteiger partial charge on any atom is -0.477 e. The van der Waals surface area contributed by atoms with Crippen LogP contribution in [0.5, 0.6) is 5.88 Å². The van der Waals surface area contributed by atoms with Crippen LogP contribution in [0.1, 0.15) is 39.6 Å². The molecule has 4 rings (SSSR count). The lowest BCUT2D eigenvalue weighted by Crippen LogP contribution is -2.32. The summed E-state index contributed by atoms with van der Waals surface area (Å²) in [6.45, 7) is 1.44. The number of rotatable bonds is 8. The molecule has 0 aliphatic carbocycles. The zero-order chi connectivity index (χ0) is 27.5. The third-order valence-corrected chi connectivity index (χ3v) is 5.73. The maximum atomic E-state index is 12.9. The van der Waals surface area contributed by atoms with Crippen molar-refractivity contribution in [1.82, 2.24) is 25.0 Å². The van der Waals surface area contributed by atoms with Crippen LogP contribution in [0.15, 0.2) is 35.2 Å². The Labute approximate surface area is 212 Å². The van der Waals surface area contributed by atoms with E-state index >= 15 is 0 Å². The van der Waals surface area contributed by atoms with Crippen molar-refractivity contribution in [2.24, 2.45) is 5.92 Å². The molecule has 0 spiro atoms. The minimum absolute atomic E-state index is 0.0529. The fourth-order valence-corrected chi connectivity index (χ4v) is 3.97. The summed E-state index contributed by atoms with van der Waals surface area (Å²) in [4.78, 5) is 25.4. The molecule has 1 aliphatic heterocycles. The van der Waals surface area contributed by atoms with E-state index < -0.39 is 30.5 Å². The highest BCUT2D eigenvalue weighted by Crippen LogP contribution is 2.27. The van der Waals surface area contributed by atoms with Gasteiger partial charge in [0.2, 0.25) is 5.88 Å². The van der Waals surface area contributed by atoms with Crippen LogP contribution in [0, 0.1) is 12.8 Å². The van der Waals surface area contributed by atoms with Gasteiger partial charge in [0.25, 0.3) is 5.91 Å². The fraction of sp³-hybridized carbons (Fsp3) is 0.435. The average Bonchev–Trinajstić information content (AvgIpc) is 3.43. The van der Waals surface area contributed by atoms with E-state index in [4.69, 9.17) is 9.26 Å². The molecular weight excluding hydrogens is 522 g/mol. The van der Waals surface area contributed by atoms with Gasteiger partial charge in [-0.25, -0.2) is 9.97 Å². The molecule has 3 aromatic heterocycles. The number of aromatic nitrogens is 4. The summed E-state index contributed by atoms with van der Waals surface area (Å²) in [6.07, 6.45) is -5.49. The topological polar surface area (TPSA) is 106 Å². The van der Waals surface area contributed by atoms with Crippen LogP contribution in [0.3, 0.4) is 0 Å². The largest absolute Gasteiger partial charge is 0.477 e. The quantitative estimate of drug-likeness (QED) is 0.419. The Bertz CT molecular complexity index is 1240. The molecular formula is C23H22F6N6O3. The van der Waals surface area contributed by atoms with Crippen LogP contribution in [-0.2, 0) is 12.6 Å². The summed E-state index contributed by atoms with van der Waals surface area (Å²) in [7, 11) is 0. The van der Waals surface area contributed by atoms with Gasteiger partial charge in [0, 0.05) is 24.7 Å². The molecule has 0 radical (unpaired) electrons. The molecule has 204 valence electrons. The molecule has 9 nitrogen and oxygen atoms in total. The van der Waals surface area contributed by atoms with Crippen LogP contribution in [0.2, 0.25) is 0 Å². The number of halogens is 6. The average molecular weight is 544 g/mol. The molecule has 0 unspecified atom stereocenters. The highest BCUT2D eigenvalue weighted by atomic mass is 19.4. The Balaban J connectivity index is 1.32. The Kier molecular flexibility index (Phi) is 7.85. The van der Waals surface area contributed by atoms with Crippen molar-refractivity contribution in [1.29, 1.82) is 0 Å². The lowest BCUT2D eigenvalue weighted by molar-refractivity contribution is -0.144. The second kappa shape index (κ2) is 10.9. The standard InChI is InChI=1S/C23H22F6N6O3/c1-13-20(17(38-34-13)6-16-8-31-18(9-30-16)23(27,28)29)21(36)33-15-2-3-19(32-7-15)37-11-14-4-5-35(10-14)12-22(24,25)26/h2-3,7-9,14H,4-6,10-12H2,1H3,(H,33,36)/t14-/m0/s1. The first-order valence-electron chi connectivity index (χ1n) is 11.4. The lowest BCUT2D eigenvalue weighted by atomic mass is 10.1. The van der Waals surface area contributed by atoms with Crippen LogP contribution >= 0.6 is 0 Å². The summed E-state index contributed by atoms with van der Waals surface area (Å²) in [5.41, 5.74) is -0.312. The first-order chi connectivity index (χ1) is 17.9. The first-order valence-corrected chi connectivity index (χ1v) is 11.4. The first kappa shape index (κ1) is 27.3. The number of likely N-dealkylation sites (tertiary alicyclic amines) is 1. The van der Waals surface area contributed by atoms with Gasteiger partial charge in [-0.05, 0) is 26.0 Å². The molecule has 4 heterocycles. The van der Waals surface area contributed by atoms with Gasteiger partial charge in [-0.1, -0.05) is 5.16 Å². The molecule has 3 aromatic rings. The number of amides is 1. The third-order valence-electron chi connectivity index (χ3n) is 5.73. The SMILES string of the molecule is Cc1noc(Cc2cnc(C(F)(F)F)cn2)c1C(=O)Nc1ccc(OC[C@H]2CCN(CC(F)(F)F)C2)nc1. The molecule has 0 bridgehead atoms. The number of hydrogen-bond acceptors (Lipinski definition) is 8. The van der Waals surface area contributed by atoms with E-state index in [1.54, 1.807) is 0 Å². The van der Waals surface area contributed by atoms with Crippen molar-refractivity contribution >= 4 is 11.6 Å². The van der Waals surface area contributed by atoms with Crippen molar-refractivity contribution in [3.63, 3.8) is 0 Å². The van der Waals surface area contributed by atoms with Gasteiger partial charge in [-0.15, -0.1) is 0 Å². The van der Waals surface area contributed by atoms with Crippen LogP contribution < -0.4 is 10.1 Å². The molecule has 1 atom stereocenters. The number of carbonyl (C=O) groups excluding carboxylic acids is 1. The summed E-state index contributed by atoms with van der Waals surface area (Å²) < 4.78 is 86.5. The van der Waals surface area contributed by atoms with Gasteiger partial charge in [0.1, 0.15) is 5.56 Å². The predicted octanol–water partition coefficient (Wildman–Crippen LogP) is 4.29. The lowest BCUT2D eigenvalue weighted by Gasteiger charge is -2.17. The molecule has 38 heavy (non-hydrogen) atoms. The Hall–Kier alpha value is -3.75. The number of aryl methyl sites for hydroxylation is 1. The van der Waals surface area contributed by atoms with Crippen molar-refractivity contribution < 1.29 is 40.4 Å². The normalized spacial score (nSPS) is 16.6. The van der Waals surface area contributed by atoms with E-state index in [-0.39, 0.29) is 54.1 Å². The van der Waals surface area contributed by atoms with E-state index in [2.05, 4.69) is 25.4 Å². The monoisotopic (exact) mass is 544 g/mol. The Morgan fingerprint density at radius 3 is 2.55 bits per heavy atom. The van der Waals surface area contributed by atoms with Gasteiger partial charge >= 0.3 is 12.4 Å². The van der Waals surface area contributed by atoms with Crippen molar-refractivity contribution in [3.05, 3.63) is 59.1 Å². The second-order valence-electron chi connectivity index (χ2n) is 8.79. The van der Waals surface area contributed by atoms with E-state index in [1.165, 1.54) is 30.2 Å². The van der Waals surface area contributed by atoms with E-state index in [0.717, 1.165) is 6.20 Å². The van der Waals surface area contributed by atoms with Crippen molar-refractivity contribution in [3.8, 4) is 5.88 Å². The molecule has 1 fully saturated rings. The van der Waals surface area contributed by atoms with Crippen molar-refractivity contribution in [2.75, 3.05) is 31.6 Å². The number of nitrogens with one attached hydrogen (secondary N) is 1. The molecule has 1 saturated heterocycles. The van der Waals surface area contributed by atoms with E-state index in [9.17, 15) is 31.1 Å². The summed E-state index contributed by atoms with van der Waals surface area (Å²) in [6, 6.07) is 3.05. The highest BCUT2D eigenvalue weighted by Gasteiger charge is 2.35. The molecule has 1 aliphatic rings. The number of alkyl halides is 6. The maximum Gasteiger partial charge on any atom is 0.434 e. The van der Waals surface area contributed by atoms with Gasteiger partial charge in [0.05, 0.1) is 49.0 Å².